The van der Waals surface area contributed by atoms with Crippen LogP contribution in [0.25, 0.3) is 0 Å². The second kappa shape index (κ2) is 8.14. The number of Topliss-reactive ketones (excluding diaryl/α,β-unsaturated/α-hetero) is 1. The summed E-state index contributed by atoms with van der Waals surface area (Å²) in [6.07, 6.45) is 0.0957. The van der Waals surface area contributed by atoms with E-state index < -0.39 is 6.04 Å². The molecule has 4 rings (SSSR count). The summed E-state index contributed by atoms with van der Waals surface area (Å²) in [6, 6.07) is 17.0. The number of guanidine groups is 1. The number of amides is 1. The van der Waals surface area contributed by atoms with Crippen molar-refractivity contribution in [1.82, 2.24) is 10.2 Å². The third kappa shape index (κ3) is 3.94. The zero-order valence-corrected chi connectivity index (χ0v) is 16.9. The number of halogens is 1. The van der Waals surface area contributed by atoms with Gasteiger partial charge in [0.1, 0.15) is 6.04 Å². The van der Waals surface area contributed by atoms with Crippen molar-refractivity contribution in [3.05, 3.63) is 64.6 Å². The van der Waals surface area contributed by atoms with Crippen LogP contribution in [-0.4, -0.2) is 54.8 Å². The number of aliphatic imine (C=N–C) groups is 1. The number of nitrogens with one attached hydrogen (secondary N) is 1. The van der Waals surface area contributed by atoms with Crippen LogP contribution in [0.15, 0.2) is 64.1 Å². The van der Waals surface area contributed by atoms with E-state index in [0.29, 0.717) is 11.5 Å². The molecule has 2 heterocycles. The number of rotatable bonds is 4. The molecule has 0 radical (unpaired) electrons. The molecule has 144 valence electrons. The van der Waals surface area contributed by atoms with Crippen LogP contribution in [0.1, 0.15) is 16.8 Å². The summed E-state index contributed by atoms with van der Waals surface area (Å²) in [4.78, 5) is 33.4. The van der Waals surface area contributed by atoms with E-state index in [2.05, 4.69) is 48.2 Å². The fourth-order valence-electron chi connectivity index (χ4n) is 3.53. The lowest BCUT2D eigenvalue weighted by atomic mass is 10.0. The molecule has 1 N–H and O–H groups in total. The van der Waals surface area contributed by atoms with Crippen molar-refractivity contribution in [2.45, 2.75) is 12.5 Å². The molecule has 2 aliphatic heterocycles. The summed E-state index contributed by atoms with van der Waals surface area (Å²) < 4.78 is 0.739. The Kier molecular flexibility index (Phi) is 5.43. The van der Waals surface area contributed by atoms with Gasteiger partial charge in [0, 0.05) is 48.3 Å². The molecule has 1 atom stereocenters. The number of benzene rings is 2. The predicted molar refractivity (Wildman–Crippen MR) is 113 cm³/mol. The maximum Gasteiger partial charge on any atom is 0.271 e. The highest BCUT2D eigenvalue weighted by Gasteiger charge is 2.33. The monoisotopic (exact) mass is 440 g/mol. The molecular formula is C21H21BrN4O2. The number of carbonyl (C=O) groups is 2. The van der Waals surface area contributed by atoms with E-state index in [1.165, 1.54) is 5.69 Å². The summed E-state index contributed by atoms with van der Waals surface area (Å²) >= 11 is 3.39. The quantitative estimate of drug-likeness (QED) is 0.740. The molecule has 0 saturated carbocycles. The normalized spacial score (nSPS) is 19.4. The molecule has 1 saturated heterocycles. The second-order valence-electron chi connectivity index (χ2n) is 6.89. The van der Waals surface area contributed by atoms with Crippen LogP contribution in [-0.2, 0) is 4.79 Å². The summed E-state index contributed by atoms with van der Waals surface area (Å²) in [5.41, 5.74) is 1.79. The number of hydrogen-bond donors (Lipinski definition) is 1. The average Bonchev–Trinajstić information content (AvgIpc) is 3.09. The minimum absolute atomic E-state index is 0.0799. The van der Waals surface area contributed by atoms with Gasteiger partial charge in [-0.1, -0.05) is 52.3 Å². The maximum absolute atomic E-state index is 12.6. The number of carbonyl (C=O) groups excluding carboxylic acids is 2. The Balaban J connectivity index is 1.34. The maximum atomic E-state index is 12.6. The van der Waals surface area contributed by atoms with E-state index in [1.54, 1.807) is 6.07 Å². The van der Waals surface area contributed by atoms with Gasteiger partial charge in [0.05, 0.1) is 0 Å². The number of anilines is 1. The van der Waals surface area contributed by atoms with Gasteiger partial charge in [-0.25, -0.2) is 0 Å². The molecule has 7 heteroatoms. The highest BCUT2D eigenvalue weighted by molar-refractivity contribution is 9.10. The van der Waals surface area contributed by atoms with Gasteiger partial charge in [0.15, 0.2) is 5.78 Å². The van der Waals surface area contributed by atoms with Gasteiger partial charge in [-0.3, -0.25) is 9.59 Å². The fraction of sp³-hybridized carbons (Fsp3) is 0.286. The van der Waals surface area contributed by atoms with Crippen LogP contribution in [0.2, 0.25) is 0 Å². The van der Waals surface area contributed by atoms with Crippen molar-refractivity contribution < 1.29 is 9.59 Å². The summed E-state index contributed by atoms with van der Waals surface area (Å²) in [5.74, 6) is 0.229. The Morgan fingerprint density at radius 1 is 1.00 bits per heavy atom. The lowest BCUT2D eigenvalue weighted by Gasteiger charge is -2.37. The number of nitrogens with zero attached hydrogens (tertiary/aromatic N) is 3. The molecule has 1 unspecified atom stereocenters. The first-order chi connectivity index (χ1) is 13.6. The average molecular weight is 441 g/mol. The Morgan fingerprint density at radius 2 is 1.64 bits per heavy atom. The molecule has 0 spiro atoms. The van der Waals surface area contributed by atoms with E-state index in [-0.39, 0.29) is 18.1 Å². The Labute approximate surface area is 172 Å². The zero-order chi connectivity index (χ0) is 19.5. The van der Waals surface area contributed by atoms with Crippen molar-refractivity contribution in [1.29, 1.82) is 0 Å². The summed E-state index contributed by atoms with van der Waals surface area (Å²) in [7, 11) is 0. The van der Waals surface area contributed by atoms with Crippen LogP contribution in [0.3, 0.4) is 0 Å². The number of ketones is 1. The van der Waals surface area contributed by atoms with Crippen molar-refractivity contribution >= 4 is 39.3 Å². The number of piperazine rings is 1. The first-order valence-electron chi connectivity index (χ1n) is 9.33. The lowest BCUT2D eigenvalue weighted by Crippen LogP contribution is -2.52. The first kappa shape index (κ1) is 18.7. The minimum atomic E-state index is -0.596. The highest BCUT2D eigenvalue weighted by Crippen LogP contribution is 2.20. The van der Waals surface area contributed by atoms with Crippen LogP contribution >= 0.6 is 15.9 Å². The molecule has 6 nitrogen and oxygen atoms in total. The van der Waals surface area contributed by atoms with E-state index in [0.717, 1.165) is 30.7 Å². The molecule has 28 heavy (non-hydrogen) atoms. The largest absolute Gasteiger partial charge is 0.368 e. The van der Waals surface area contributed by atoms with Gasteiger partial charge in [0.2, 0.25) is 5.96 Å². The third-order valence-electron chi connectivity index (χ3n) is 5.08. The number of hydrogen-bond acceptors (Lipinski definition) is 5. The summed E-state index contributed by atoms with van der Waals surface area (Å²) in [6.45, 7) is 3.27. The fourth-order valence-corrected chi connectivity index (χ4v) is 4.04. The van der Waals surface area contributed by atoms with E-state index in [1.807, 2.05) is 36.4 Å². The standard InChI is InChI=1S/C21H21BrN4O2/c22-17-9-5-4-8-16(17)19(27)14-18-20(28)24-21(23-18)26-12-10-25(11-13-26)15-6-2-1-3-7-15/h1-9,18H,10-14H2,(H,23,24,28). The Morgan fingerprint density at radius 3 is 2.36 bits per heavy atom. The first-order valence-corrected chi connectivity index (χ1v) is 10.1. The second-order valence-corrected chi connectivity index (χ2v) is 7.74. The van der Waals surface area contributed by atoms with Crippen LogP contribution in [0, 0.1) is 0 Å². The predicted octanol–water partition coefficient (Wildman–Crippen LogP) is 2.70. The molecule has 0 bridgehead atoms. The van der Waals surface area contributed by atoms with E-state index in [4.69, 9.17) is 0 Å². The molecule has 2 aromatic carbocycles. The van der Waals surface area contributed by atoms with Gasteiger partial charge in [-0.05, 0) is 18.2 Å². The van der Waals surface area contributed by atoms with Crippen molar-refractivity contribution in [3.63, 3.8) is 0 Å². The molecular weight excluding hydrogens is 420 g/mol. The third-order valence-corrected chi connectivity index (χ3v) is 5.77. The van der Waals surface area contributed by atoms with Crippen molar-refractivity contribution in [2.24, 2.45) is 4.99 Å². The molecule has 2 aromatic rings. The molecule has 1 fully saturated rings. The van der Waals surface area contributed by atoms with Crippen molar-refractivity contribution in [2.75, 3.05) is 31.1 Å². The highest BCUT2D eigenvalue weighted by atomic mass is 79.9. The topological polar surface area (TPSA) is 65.0 Å². The van der Waals surface area contributed by atoms with Crippen LogP contribution < -0.4 is 10.2 Å². The minimum Gasteiger partial charge on any atom is -0.368 e. The lowest BCUT2D eigenvalue weighted by molar-refractivity contribution is -0.118. The van der Waals surface area contributed by atoms with E-state index in [9.17, 15) is 9.59 Å². The Bertz CT molecular complexity index is 908. The van der Waals surface area contributed by atoms with Gasteiger partial charge < -0.3 is 15.1 Å². The SMILES string of the molecule is O=C(CC1NC(N2CCN(c3ccccc3)CC2)=NC1=O)c1ccccc1Br. The van der Waals surface area contributed by atoms with Gasteiger partial charge in [-0.2, -0.15) is 4.99 Å². The van der Waals surface area contributed by atoms with E-state index >= 15 is 0 Å². The zero-order valence-electron chi connectivity index (χ0n) is 15.3. The number of para-hydroxylation sites is 1. The van der Waals surface area contributed by atoms with Crippen LogP contribution in [0.4, 0.5) is 5.69 Å². The molecule has 1 amide bonds. The molecule has 2 aliphatic rings. The van der Waals surface area contributed by atoms with Gasteiger partial charge in [-0.15, -0.1) is 0 Å². The summed E-state index contributed by atoms with van der Waals surface area (Å²) in [5, 5.41) is 3.16. The van der Waals surface area contributed by atoms with Crippen LogP contribution in [0.5, 0.6) is 0 Å². The smallest absolute Gasteiger partial charge is 0.271 e. The van der Waals surface area contributed by atoms with Crippen molar-refractivity contribution in [3.8, 4) is 0 Å². The Hall–Kier alpha value is -2.67. The van der Waals surface area contributed by atoms with Gasteiger partial charge >= 0.3 is 0 Å². The molecule has 0 aliphatic carbocycles. The molecule has 0 aromatic heterocycles. The van der Waals surface area contributed by atoms with Gasteiger partial charge in [0.25, 0.3) is 5.91 Å².